The monoisotopic (exact) mass is 358 g/mol. The molecular formula is C18H28Cl2N2O. The van der Waals surface area contributed by atoms with E-state index in [2.05, 4.69) is 28.4 Å². The van der Waals surface area contributed by atoms with Gasteiger partial charge in [0.05, 0.1) is 6.61 Å². The molecule has 0 spiro atoms. The quantitative estimate of drug-likeness (QED) is 0.893. The van der Waals surface area contributed by atoms with Crippen LogP contribution in [-0.2, 0) is 6.42 Å². The number of fused-ring (bicyclic) bond motifs is 1. The second-order valence-corrected chi connectivity index (χ2v) is 6.74. The van der Waals surface area contributed by atoms with Gasteiger partial charge in [0.25, 0.3) is 0 Å². The molecule has 1 aromatic rings. The van der Waals surface area contributed by atoms with Crippen LogP contribution in [0.15, 0.2) is 18.2 Å². The number of benzene rings is 1. The highest BCUT2D eigenvalue weighted by molar-refractivity contribution is 5.85. The largest absolute Gasteiger partial charge is 0.493 e. The van der Waals surface area contributed by atoms with E-state index in [1.54, 1.807) is 0 Å². The van der Waals surface area contributed by atoms with E-state index >= 15 is 0 Å². The third-order valence-electron chi connectivity index (χ3n) is 5.45. The molecule has 1 aromatic carbocycles. The van der Waals surface area contributed by atoms with Gasteiger partial charge in [0.1, 0.15) is 5.75 Å². The number of nitrogens with zero attached hydrogens (tertiary/aromatic N) is 1. The van der Waals surface area contributed by atoms with Crippen LogP contribution in [-0.4, -0.2) is 37.7 Å². The van der Waals surface area contributed by atoms with E-state index in [9.17, 15) is 0 Å². The second kappa shape index (κ2) is 8.57. The fraction of sp³-hybridized carbons (Fsp3) is 0.667. The molecule has 1 saturated heterocycles. The van der Waals surface area contributed by atoms with E-state index in [4.69, 9.17) is 4.74 Å². The fourth-order valence-electron chi connectivity index (χ4n) is 4.41. The molecule has 1 N–H and O–H groups in total. The zero-order chi connectivity index (χ0) is 14.1. The van der Waals surface area contributed by atoms with Gasteiger partial charge in [-0.15, -0.1) is 24.8 Å². The van der Waals surface area contributed by atoms with Crippen LogP contribution in [0.5, 0.6) is 5.75 Å². The maximum atomic E-state index is 5.68. The SMILES string of the molecule is Cl.Cl.c1cc2c(cc1[C@@H](C1CCCC1)N1CCNCC1)CCO2. The van der Waals surface area contributed by atoms with Crippen molar-refractivity contribution in [3.63, 3.8) is 0 Å². The van der Waals surface area contributed by atoms with E-state index in [0.717, 1.165) is 37.8 Å². The van der Waals surface area contributed by atoms with Crippen molar-refractivity contribution in [1.82, 2.24) is 10.2 Å². The van der Waals surface area contributed by atoms with Crippen LogP contribution in [0.25, 0.3) is 0 Å². The Kier molecular flexibility index (Phi) is 7.02. The zero-order valence-electron chi connectivity index (χ0n) is 13.6. The van der Waals surface area contributed by atoms with Gasteiger partial charge in [-0.3, -0.25) is 4.90 Å². The van der Waals surface area contributed by atoms with Crippen molar-refractivity contribution in [3.8, 4) is 5.75 Å². The Morgan fingerprint density at radius 1 is 1.09 bits per heavy atom. The molecule has 1 saturated carbocycles. The molecule has 0 radical (unpaired) electrons. The minimum atomic E-state index is 0. The summed E-state index contributed by atoms with van der Waals surface area (Å²) in [5.74, 6) is 1.97. The first-order valence-corrected chi connectivity index (χ1v) is 8.62. The molecule has 0 unspecified atom stereocenters. The lowest BCUT2D eigenvalue weighted by molar-refractivity contribution is 0.125. The summed E-state index contributed by atoms with van der Waals surface area (Å²) in [6.45, 7) is 5.51. The first-order valence-electron chi connectivity index (χ1n) is 8.62. The smallest absolute Gasteiger partial charge is 0.122 e. The van der Waals surface area contributed by atoms with Crippen LogP contribution in [0.2, 0.25) is 0 Å². The van der Waals surface area contributed by atoms with Crippen molar-refractivity contribution in [2.75, 3.05) is 32.8 Å². The molecule has 0 amide bonds. The molecule has 2 aliphatic heterocycles. The Hall–Kier alpha value is -0.480. The van der Waals surface area contributed by atoms with Gasteiger partial charge in [-0.05, 0) is 36.0 Å². The molecule has 4 rings (SSSR count). The Labute approximate surface area is 152 Å². The number of nitrogens with one attached hydrogen (secondary N) is 1. The second-order valence-electron chi connectivity index (χ2n) is 6.74. The lowest BCUT2D eigenvalue weighted by Gasteiger charge is -2.38. The minimum absolute atomic E-state index is 0. The summed E-state index contributed by atoms with van der Waals surface area (Å²) >= 11 is 0. The highest BCUT2D eigenvalue weighted by Crippen LogP contribution is 2.41. The molecule has 2 fully saturated rings. The van der Waals surface area contributed by atoms with E-state index in [1.807, 2.05) is 0 Å². The van der Waals surface area contributed by atoms with Gasteiger partial charge in [0.2, 0.25) is 0 Å². The third-order valence-corrected chi connectivity index (χ3v) is 5.45. The topological polar surface area (TPSA) is 24.5 Å². The molecular weight excluding hydrogens is 331 g/mol. The highest BCUT2D eigenvalue weighted by atomic mass is 35.5. The third kappa shape index (κ3) is 3.96. The lowest BCUT2D eigenvalue weighted by atomic mass is 9.88. The molecule has 3 aliphatic rings. The van der Waals surface area contributed by atoms with Crippen LogP contribution in [0.3, 0.4) is 0 Å². The highest BCUT2D eigenvalue weighted by Gasteiger charge is 2.32. The summed E-state index contributed by atoms with van der Waals surface area (Å²) in [6, 6.07) is 7.60. The summed E-state index contributed by atoms with van der Waals surface area (Å²) < 4.78 is 5.68. The van der Waals surface area contributed by atoms with E-state index in [1.165, 1.54) is 49.9 Å². The maximum absolute atomic E-state index is 5.68. The normalized spacial score (nSPS) is 22.6. The predicted molar refractivity (Wildman–Crippen MR) is 99.3 cm³/mol. The Bertz CT molecular complexity index is 500. The molecule has 1 atom stereocenters. The van der Waals surface area contributed by atoms with Crippen molar-refractivity contribution in [3.05, 3.63) is 29.3 Å². The summed E-state index contributed by atoms with van der Waals surface area (Å²) in [7, 11) is 0. The van der Waals surface area contributed by atoms with Crippen molar-refractivity contribution in [2.45, 2.75) is 38.1 Å². The summed E-state index contributed by atoms with van der Waals surface area (Å²) in [5.41, 5.74) is 2.96. The number of hydrogen-bond donors (Lipinski definition) is 1. The van der Waals surface area contributed by atoms with Gasteiger partial charge in [0.15, 0.2) is 0 Å². The molecule has 5 heteroatoms. The van der Waals surface area contributed by atoms with Crippen LogP contribution in [0.1, 0.15) is 42.9 Å². The average Bonchev–Trinajstić information content (AvgIpc) is 3.19. The lowest BCUT2D eigenvalue weighted by Crippen LogP contribution is -2.46. The Morgan fingerprint density at radius 3 is 2.57 bits per heavy atom. The summed E-state index contributed by atoms with van der Waals surface area (Å²) in [6.07, 6.45) is 6.73. The molecule has 2 heterocycles. The van der Waals surface area contributed by atoms with Crippen molar-refractivity contribution in [1.29, 1.82) is 0 Å². The van der Waals surface area contributed by atoms with Crippen molar-refractivity contribution < 1.29 is 4.74 Å². The zero-order valence-corrected chi connectivity index (χ0v) is 15.3. The van der Waals surface area contributed by atoms with E-state index in [0.29, 0.717) is 6.04 Å². The predicted octanol–water partition coefficient (Wildman–Crippen LogP) is 3.60. The number of hydrogen-bond acceptors (Lipinski definition) is 3. The molecule has 0 aromatic heterocycles. The maximum Gasteiger partial charge on any atom is 0.122 e. The summed E-state index contributed by atoms with van der Waals surface area (Å²) in [4.78, 5) is 2.73. The van der Waals surface area contributed by atoms with Crippen LogP contribution in [0, 0.1) is 5.92 Å². The van der Waals surface area contributed by atoms with Gasteiger partial charge in [0, 0.05) is 38.6 Å². The molecule has 23 heavy (non-hydrogen) atoms. The van der Waals surface area contributed by atoms with Crippen molar-refractivity contribution in [2.24, 2.45) is 5.92 Å². The molecule has 130 valence electrons. The van der Waals surface area contributed by atoms with Crippen LogP contribution >= 0.6 is 24.8 Å². The minimum Gasteiger partial charge on any atom is -0.493 e. The van der Waals surface area contributed by atoms with Gasteiger partial charge in [-0.1, -0.05) is 25.0 Å². The fourth-order valence-corrected chi connectivity index (χ4v) is 4.41. The van der Waals surface area contributed by atoms with E-state index < -0.39 is 0 Å². The van der Waals surface area contributed by atoms with Crippen molar-refractivity contribution >= 4 is 24.8 Å². The molecule has 3 nitrogen and oxygen atoms in total. The van der Waals surface area contributed by atoms with E-state index in [-0.39, 0.29) is 24.8 Å². The standard InChI is InChI=1S/C18H26N2O.2ClH/c1-2-4-14(3-1)18(20-10-8-19-9-11-20)16-5-6-17-15(13-16)7-12-21-17;;/h5-6,13-14,18-19H,1-4,7-12H2;2*1H/t18-;;/m1../s1. The first-order chi connectivity index (χ1) is 10.4. The van der Waals surface area contributed by atoms with Gasteiger partial charge in [-0.2, -0.15) is 0 Å². The number of rotatable bonds is 3. The number of halogens is 2. The first kappa shape index (κ1) is 18.9. The number of piperazine rings is 1. The van der Waals surface area contributed by atoms with Crippen LogP contribution < -0.4 is 10.1 Å². The Morgan fingerprint density at radius 2 is 1.83 bits per heavy atom. The number of ether oxygens (including phenoxy) is 1. The Balaban J connectivity index is 0.000000960. The van der Waals surface area contributed by atoms with Gasteiger partial charge >= 0.3 is 0 Å². The van der Waals surface area contributed by atoms with Gasteiger partial charge < -0.3 is 10.1 Å². The average molecular weight is 359 g/mol. The van der Waals surface area contributed by atoms with Crippen LogP contribution in [0.4, 0.5) is 0 Å². The molecule has 0 bridgehead atoms. The molecule has 1 aliphatic carbocycles. The summed E-state index contributed by atoms with van der Waals surface area (Å²) in [5, 5.41) is 3.49. The van der Waals surface area contributed by atoms with Gasteiger partial charge in [-0.25, -0.2) is 0 Å².